The van der Waals surface area contributed by atoms with E-state index in [0.717, 1.165) is 12.1 Å². The zero-order chi connectivity index (χ0) is 8.89. The minimum absolute atomic E-state index is 0.0503. The Kier molecular flexibility index (Phi) is 1.14. The maximum absolute atomic E-state index is 11.1. The highest BCUT2D eigenvalue weighted by Gasteiger charge is 2.66. The molecule has 2 fully saturated rings. The summed E-state index contributed by atoms with van der Waals surface area (Å²) in [5.74, 6) is 0.0352. The van der Waals surface area contributed by atoms with Crippen LogP contribution in [0.2, 0.25) is 0 Å². The fourth-order valence-corrected chi connectivity index (χ4v) is 2.09. The first kappa shape index (κ1) is 7.06. The summed E-state index contributed by atoms with van der Waals surface area (Å²) < 4.78 is 4.99. The van der Waals surface area contributed by atoms with E-state index in [2.05, 4.69) is 4.98 Å². The lowest BCUT2D eigenvalue weighted by atomic mass is 10.0. The molecule has 1 aliphatic heterocycles. The first-order valence-corrected chi connectivity index (χ1v) is 4.41. The van der Waals surface area contributed by atoms with E-state index in [1.54, 1.807) is 6.20 Å². The average molecular weight is 175 g/mol. The van der Waals surface area contributed by atoms with Gasteiger partial charge in [0.2, 0.25) is 0 Å². The van der Waals surface area contributed by atoms with Crippen molar-refractivity contribution in [1.82, 2.24) is 4.98 Å². The van der Waals surface area contributed by atoms with Crippen LogP contribution in [0.3, 0.4) is 0 Å². The van der Waals surface area contributed by atoms with Gasteiger partial charge in [0.15, 0.2) is 0 Å². The second-order valence-electron chi connectivity index (χ2n) is 3.74. The second kappa shape index (κ2) is 2.10. The molecular weight excluding hydrogens is 166 g/mol. The number of carbonyl (C=O) groups excluding carboxylic acids is 1. The molecule has 1 aromatic rings. The lowest BCUT2D eigenvalue weighted by Gasteiger charge is -2.07. The SMILES string of the molecule is O=C1OC[C@]2(c3ccccn3)C[C@H]12. The van der Waals surface area contributed by atoms with E-state index >= 15 is 0 Å². The summed E-state index contributed by atoms with van der Waals surface area (Å²) in [5.41, 5.74) is 0.948. The lowest BCUT2D eigenvalue weighted by molar-refractivity contribution is -0.141. The van der Waals surface area contributed by atoms with Crippen LogP contribution in [0.1, 0.15) is 12.1 Å². The highest BCUT2D eigenvalue weighted by Crippen LogP contribution is 2.58. The zero-order valence-corrected chi connectivity index (χ0v) is 7.06. The van der Waals surface area contributed by atoms with Gasteiger partial charge in [0.25, 0.3) is 0 Å². The van der Waals surface area contributed by atoms with E-state index < -0.39 is 0 Å². The Bertz CT molecular complexity index is 362. The molecule has 0 unspecified atom stereocenters. The molecule has 1 saturated carbocycles. The Morgan fingerprint density at radius 3 is 3.00 bits per heavy atom. The predicted molar refractivity (Wildman–Crippen MR) is 45.0 cm³/mol. The lowest BCUT2D eigenvalue weighted by Crippen LogP contribution is -2.12. The molecule has 0 amide bonds. The van der Waals surface area contributed by atoms with Crippen molar-refractivity contribution >= 4 is 5.97 Å². The third-order valence-corrected chi connectivity index (χ3v) is 3.01. The third kappa shape index (κ3) is 0.789. The molecule has 3 heteroatoms. The van der Waals surface area contributed by atoms with E-state index in [0.29, 0.717) is 6.61 Å². The van der Waals surface area contributed by atoms with Gasteiger partial charge in [-0.15, -0.1) is 0 Å². The van der Waals surface area contributed by atoms with Crippen LogP contribution in [0.4, 0.5) is 0 Å². The molecule has 1 aromatic heterocycles. The maximum Gasteiger partial charge on any atom is 0.310 e. The van der Waals surface area contributed by atoms with E-state index in [1.165, 1.54) is 0 Å². The number of cyclic esters (lactones) is 1. The molecular formula is C10H9NO2. The standard InChI is InChI=1S/C10H9NO2/c12-9-7-5-10(7,6-13-9)8-3-1-2-4-11-8/h1-4,7H,5-6H2/t7-,10-/m1/s1. The molecule has 0 bridgehead atoms. The molecule has 66 valence electrons. The van der Waals surface area contributed by atoms with Crippen LogP contribution in [0.25, 0.3) is 0 Å². The number of hydrogen-bond donors (Lipinski definition) is 0. The predicted octanol–water partition coefficient (Wildman–Crippen LogP) is 0.896. The summed E-state index contributed by atoms with van der Waals surface area (Å²) in [6, 6.07) is 5.81. The first-order valence-electron chi connectivity index (χ1n) is 4.41. The van der Waals surface area contributed by atoms with Crippen LogP contribution in [0, 0.1) is 5.92 Å². The monoisotopic (exact) mass is 175 g/mol. The van der Waals surface area contributed by atoms with E-state index in [1.807, 2.05) is 18.2 Å². The number of aromatic nitrogens is 1. The molecule has 0 spiro atoms. The zero-order valence-electron chi connectivity index (χ0n) is 7.06. The number of fused-ring (bicyclic) bond motifs is 1. The summed E-state index contributed by atoms with van der Waals surface area (Å²) in [5, 5.41) is 0. The number of esters is 1. The molecule has 0 radical (unpaired) electrons. The molecule has 3 rings (SSSR count). The van der Waals surface area contributed by atoms with Gasteiger partial charge < -0.3 is 4.74 Å². The number of carbonyl (C=O) groups is 1. The van der Waals surface area contributed by atoms with E-state index in [4.69, 9.17) is 4.74 Å². The molecule has 13 heavy (non-hydrogen) atoms. The highest BCUT2D eigenvalue weighted by molar-refractivity contribution is 5.82. The quantitative estimate of drug-likeness (QED) is 0.595. The Hall–Kier alpha value is -1.38. The van der Waals surface area contributed by atoms with Gasteiger partial charge in [-0.1, -0.05) is 6.07 Å². The summed E-state index contributed by atoms with van der Waals surface area (Å²) in [7, 11) is 0. The van der Waals surface area contributed by atoms with Gasteiger partial charge in [0, 0.05) is 6.20 Å². The van der Waals surface area contributed by atoms with Crippen molar-refractivity contribution in [1.29, 1.82) is 0 Å². The van der Waals surface area contributed by atoms with Crippen molar-refractivity contribution in [2.24, 2.45) is 5.92 Å². The largest absolute Gasteiger partial charge is 0.464 e. The van der Waals surface area contributed by atoms with Crippen LogP contribution in [0.15, 0.2) is 24.4 Å². The molecule has 2 heterocycles. The van der Waals surface area contributed by atoms with Crippen molar-refractivity contribution in [2.75, 3.05) is 6.61 Å². The van der Waals surface area contributed by atoms with Gasteiger partial charge in [-0.2, -0.15) is 0 Å². The Morgan fingerprint density at radius 2 is 2.46 bits per heavy atom. The van der Waals surface area contributed by atoms with Gasteiger partial charge in [-0.3, -0.25) is 9.78 Å². The molecule has 0 aromatic carbocycles. The van der Waals surface area contributed by atoms with Gasteiger partial charge in [-0.25, -0.2) is 0 Å². The van der Waals surface area contributed by atoms with Crippen LogP contribution < -0.4 is 0 Å². The summed E-state index contributed by atoms with van der Waals surface area (Å²) in [6.07, 6.45) is 2.69. The van der Waals surface area contributed by atoms with Crippen molar-refractivity contribution in [2.45, 2.75) is 11.8 Å². The molecule has 1 aliphatic carbocycles. The van der Waals surface area contributed by atoms with Crippen LogP contribution in [-0.2, 0) is 14.9 Å². The number of nitrogens with zero attached hydrogens (tertiary/aromatic N) is 1. The molecule has 3 nitrogen and oxygen atoms in total. The van der Waals surface area contributed by atoms with Gasteiger partial charge in [0.05, 0.1) is 17.0 Å². The number of pyridine rings is 1. The van der Waals surface area contributed by atoms with E-state index in [9.17, 15) is 4.79 Å². The van der Waals surface area contributed by atoms with Gasteiger partial charge in [-0.05, 0) is 18.6 Å². The number of ether oxygens (including phenoxy) is 1. The third-order valence-electron chi connectivity index (χ3n) is 3.01. The van der Waals surface area contributed by atoms with Crippen LogP contribution >= 0.6 is 0 Å². The molecule has 0 N–H and O–H groups in total. The van der Waals surface area contributed by atoms with Crippen molar-refractivity contribution in [3.05, 3.63) is 30.1 Å². The Labute approximate surface area is 75.7 Å². The number of hydrogen-bond acceptors (Lipinski definition) is 3. The summed E-state index contributed by atoms with van der Waals surface area (Å²) in [4.78, 5) is 15.4. The first-order chi connectivity index (χ1) is 6.33. The van der Waals surface area contributed by atoms with Crippen LogP contribution in [-0.4, -0.2) is 17.6 Å². The summed E-state index contributed by atoms with van der Waals surface area (Å²) in [6.45, 7) is 0.521. The topological polar surface area (TPSA) is 39.2 Å². The van der Waals surface area contributed by atoms with Crippen molar-refractivity contribution in [3.63, 3.8) is 0 Å². The Balaban J connectivity index is 2.01. The fraction of sp³-hybridized carbons (Fsp3) is 0.400. The minimum atomic E-state index is -0.0572. The van der Waals surface area contributed by atoms with Crippen LogP contribution in [0.5, 0.6) is 0 Å². The van der Waals surface area contributed by atoms with Crippen molar-refractivity contribution < 1.29 is 9.53 Å². The second-order valence-corrected chi connectivity index (χ2v) is 3.74. The Morgan fingerprint density at radius 1 is 1.54 bits per heavy atom. The number of rotatable bonds is 1. The minimum Gasteiger partial charge on any atom is -0.464 e. The normalized spacial score (nSPS) is 35.4. The highest BCUT2D eigenvalue weighted by atomic mass is 16.5. The van der Waals surface area contributed by atoms with Gasteiger partial charge in [0.1, 0.15) is 6.61 Å². The van der Waals surface area contributed by atoms with Gasteiger partial charge >= 0.3 is 5.97 Å². The molecule has 2 aliphatic rings. The average Bonchev–Trinajstić information content (AvgIpc) is 2.85. The van der Waals surface area contributed by atoms with Crippen molar-refractivity contribution in [3.8, 4) is 0 Å². The summed E-state index contributed by atoms with van der Waals surface area (Å²) >= 11 is 0. The smallest absolute Gasteiger partial charge is 0.310 e. The molecule has 1 saturated heterocycles. The molecule has 2 atom stereocenters. The maximum atomic E-state index is 11.1. The fourth-order valence-electron chi connectivity index (χ4n) is 2.09. The van der Waals surface area contributed by atoms with E-state index in [-0.39, 0.29) is 17.3 Å².